The lowest BCUT2D eigenvalue weighted by Crippen LogP contribution is -2.08. The zero-order chi connectivity index (χ0) is 15.7. The molecule has 0 saturated carbocycles. The minimum Gasteiger partial charge on any atom is -0.455 e. The summed E-state index contributed by atoms with van der Waals surface area (Å²) in [5.74, 6) is 0.525. The van der Waals surface area contributed by atoms with E-state index < -0.39 is 0 Å². The number of aryl methyl sites for hydroxylation is 1. The second-order valence-corrected chi connectivity index (χ2v) is 6.40. The third-order valence-corrected chi connectivity index (χ3v) is 4.47. The average Bonchev–Trinajstić information content (AvgIpc) is 2.39. The molecular weight excluding hydrogens is 380 g/mol. The van der Waals surface area contributed by atoms with Crippen molar-refractivity contribution in [2.45, 2.75) is 19.9 Å². The van der Waals surface area contributed by atoms with Gasteiger partial charge < -0.3 is 10.5 Å². The topological polar surface area (TPSA) is 35.2 Å². The van der Waals surface area contributed by atoms with Crippen LogP contribution in [0.1, 0.15) is 24.1 Å². The molecule has 2 rings (SSSR count). The van der Waals surface area contributed by atoms with Crippen molar-refractivity contribution in [2.24, 2.45) is 5.73 Å². The Labute approximate surface area is 141 Å². The van der Waals surface area contributed by atoms with Gasteiger partial charge in [0.05, 0.1) is 10.0 Å². The van der Waals surface area contributed by atoms with E-state index in [9.17, 15) is 4.39 Å². The third-order valence-electron chi connectivity index (χ3n) is 2.98. The Hall–Kier alpha value is -0.810. The van der Waals surface area contributed by atoms with Crippen LogP contribution in [0.5, 0.6) is 11.5 Å². The van der Waals surface area contributed by atoms with Crippen molar-refractivity contribution >= 4 is 39.1 Å². The smallest absolute Gasteiger partial charge is 0.147 e. The van der Waals surface area contributed by atoms with Crippen molar-refractivity contribution in [1.82, 2.24) is 0 Å². The van der Waals surface area contributed by atoms with Crippen molar-refractivity contribution in [3.63, 3.8) is 0 Å². The van der Waals surface area contributed by atoms with Crippen LogP contribution in [0.2, 0.25) is 10.0 Å². The zero-order valence-electron chi connectivity index (χ0n) is 11.4. The number of benzene rings is 2. The van der Waals surface area contributed by atoms with Gasteiger partial charge in [0.1, 0.15) is 17.3 Å². The van der Waals surface area contributed by atoms with Gasteiger partial charge in [0.15, 0.2) is 0 Å². The molecule has 0 saturated heterocycles. The van der Waals surface area contributed by atoms with Crippen LogP contribution in [0.4, 0.5) is 4.39 Å². The second-order valence-electron chi connectivity index (χ2n) is 4.73. The lowest BCUT2D eigenvalue weighted by atomic mass is 10.1. The SMILES string of the molecule is Cc1cc(Oc2cc(Cl)c(Br)cc2Cl)c([C@@H](C)N)cc1F. The highest BCUT2D eigenvalue weighted by atomic mass is 79.9. The molecule has 6 heteroatoms. The van der Waals surface area contributed by atoms with Crippen LogP contribution in [0, 0.1) is 12.7 Å². The van der Waals surface area contributed by atoms with Gasteiger partial charge in [0.2, 0.25) is 0 Å². The van der Waals surface area contributed by atoms with E-state index in [1.165, 1.54) is 6.07 Å². The number of ether oxygens (including phenoxy) is 1. The summed E-state index contributed by atoms with van der Waals surface area (Å²) in [6.45, 7) is 3.41. The molecule has 0 fully saturated rings. The van der Waals surface area contributed by atoms with E-state index in [1.807, 2.05) is 0 Å². The van der Waals surface area contributed by atoms with Crippen molar-refractivity contribution in [2.75, 3.05) is 0 Å². The highest BCUT2D eigenvalue weighted by Crippen LogP contribution is 2.38. The van der Waals surface area contributed by atoms with Gasteiger partial charge in [0.25, 0.3) is 0 Å². The van der Waals surface area contributed by atoms with Crippen LogP contribution in [0.25, 0.3) is 0 Å². The first-order valence-electron chi connectivity index (χ1n) is 6.17. The van der Waals surface area contributed by atoms with Crippen LogP contribution in [-0.2, 0) is 0 Å². The van der Waals surface area contributed by atoms with Gasteiger partial charge in [-0.15, -0.1) is 0 Å². The van der Waals surface area contributed by atoms with E-state index in [-0.39, 0.29) is 11.9 Å². The summed E-state index contributed by atoms with van der Waals surface area (Å²) < 4.78 is 20.2. The predicted octanol–water partition coefficient (Wildman–Crippen LogP) is 6.02. The summed E-state index contributed by atoms with van der Waals surface area (Å²) in [5.41, 5.74) is 6.90. The number of nitrogens with two attached hydrogens (primary N) is 1. The molecule has 0 heterocycles. The molecule has 2 aromatic rings. The molecule has 0 unspecified atom stereocenters. The molecule has 112 valence electrons. The van der Waals surface area contributed by atoms with Crippen molar-refractivity contribution in [1.29, 1.82) is 0 Å². The highest BCUT2D eigenvalue weighted by Gasteiger charge is 2.15. The summed E-state index contributed by atoms with van der Waals surface area (Å²) >= 11 is 15.5. The Morgan fingerprint density at radius 2 is 1.81 bits per heavy atom. The van der Waals surface area contributed by atoms with Crippen molar-refractivity contribution in [3.05, 3.63) is 55.7 Å². The Morgan fingerprint density at radius 1 is 1.14 bits per heavy atom. The number of hydrogen-bond donors (Lipinski definition) is 1. The van der Waals surface area contributed by atoms with Gasteiger partial charge in [-0.05, 0) is 53.5 Å². The van der Waals surface area contributed by atoms with E-state index in [0.717, 1.165) is 0 Å². The summed E-state index contributed by atoms with van der Waals surface area (Å²) in [6.07, 6.45) is 0. The summed E-state index contributed by atoms with van der Waals surface area (Å²) in [5, 5.41) is 0.861. The predicted molar refractivity (Wildman–Crippen MR) is 88.0 cm³/mol. The minimum absolute atomic E-state index is 0.324. The summed E-state index contributed by atoms with van der Waals surface area (Å²) in [6, 6.07) is 5.84. The first-order chi connectivity index (χ1) is 9.79. The molecule has 0 aromatic heterocycles. The second kappa shape index (κ2) is 6.53. The molecule has 2 N–H and O–H groups in total. The largest absolute Gasteiger partial charge is 0.455 e. The number of halogens is 4. The number of hydrogen-bond acceptors (Lipinski definition) is 2. The molecule has 0 aliphatic heterocycles. The maximum absolute atomic E-state index is 13.7. The lowest BCUT2D eigenvalue weighted by Gasteiger charge is -2.16. The molecular formula is C15H13BrCl2FNO. The fraction of sp³-hybridized carbons (Fsp3) is 0.200. The highest BCUT2D eigenvalue weighted by molar-refractivity contribution is 9.10. The van der Waals surface area contributed by atoms with Crippen LogP contribution in [0.3, 0.4) is 0 Å². The van der Waals surface area contributed by atoms with Gasteiger partial charge >= 0.3 is 0 Å². The Balaban J connectivity index is 2.48. The van der Waals surface area contributed by atoms with Crippen LogP contribution < -0.4 is 10.5 Å². The first kappa shape index (κ1) is 16.6. The summed E-state index contributed by atoms with van der Waals surface area (Å²) in [4.78, 5) is 0. The molecule has 2 nitrogen and oxygen atoms in total. The van der Waals surface area contributed by atoms with Gasteiger partial charge in [0, 0.05) is 22.1 Å². The quantitative estimate of drug-likeness (QED) is 0.648. The Morgan fingerprint density at radius 3 is 2.43 bits per heavy atom. The van der Waals surface area contributed by atoms with Gasteiger partial charge in [-0.1, -0.05) is 23.2 Å². The molecule has 0 spiro atoms. The van der Waals surface area contributed by atoms with Crippen LogP contribution in [-0.4, -0.2) is 0 Å². The molecule has 0 radical (unpaired) electrons. The van der Waals surface area contributed by atoms with Crippen molar-refractivity contribution < 1.29 is 9.13 Å². The van der Waals surface area contributed by atoms with E-state index >= 15 is 0 Å². The lowest BCUT2D eigenvalue weighted by molar-refractivity contribution is 0.468. The van der Waals surface area contributed by atoms with Crippen molar-refractivity contribution in [3.8, 4) is 11.5 Å². The normalized spacial score (nSPS) is 12.3. The monoisotopic (exact) mass is 391 g/mol. The maximum Gasteiger partial charge on any atom is 0.147 e. The molecule has 1 atom stereocenters. The van der Waals surface area contributed by atoms with Crippen LogP contribution >= 0.6 is 39.1 Å². The molecule has 21 heavy (non-hydrogen) atoms. The van der Waals surface area contributed by atoms with E-state index in [1.54, 1.807) is 32.0 Å². The van der Waals surface area contributed by atoms with E-state index in [2.05, 4.69) is 15.9 Å². The Bertz CT molecular complexity index is 692. The maximum atomic E-state index is 13.7. The fourth-order valence-corrected chi connectivity index (χ4v) is 2.65. The standard InChI is InChI=1S/C15H13BrCl2FNO/c1-7-3-14(9(8(2)20)4-13(7)19)21-15-6-11(17)10(16)5-12(15)18/h3-6,8H,20H2,1-2H3/t8-/m1/s1. The van der Waals surface area contributed by atoms with Crippen LogP contribution in [0.15, 0.2) is 28.7 Å². The molecule has 0 aliphatic carbocycles. The zero-order valence-corrected chi connectivity index (χ0v) is 14.5. The van der Waals surface area contributed by atoms with Gasteiger partial charge in [-0.25, -0.2) is 4.39 Å². The molecule has 0 aliphatic rings. The fourth-order valence-electron chi connectivity index (χ4n) is 1.82. The first-order valence-corrected chi connectivity index (χ1v) is 7.72. The average molecular weight is 393 g/mol. The van der Waals surface area contributed by atoms with Gasteiger partial charge in [-0.2, -0.15) is 0 Å². The van der Waals surface area contributed by atoms with Gasteiger partial charge in [-0.3, -0.25) is 0 Å². The molecule has 0 amide bonds. The number of rotatable bonds is 3. The molecule has 2 aromatic carbocycles. The van der Waals surface area contributed by atoms with E-state index in [0.29, 0.717) is 37.1 Å². The summed E-state index contributed by atoms with van der Waals surface area (Å²) in [7, 11) is 0. The minimum atomic E-state index is -0.375. The Kier molecular flexibility index (Phi) is 5.15. The third kappa shape index (κ3) is 3.69. The van der Waals surface area contributed by atoms with E-state index in [4.69, 9.17) is 33.7 Å². The molecule has 0 bridgehead atoms.